The quantitative estimate of drug-likeness (QED) is 0.0827. The molecule has 4 aromatic rings. The van der Waals surface area contributed by atoms with Gasteiger partial charge in [0.05, 0.1) is 0 Å². The molecule has 0 fully saturated rings. The molecule has 0 radical (unpaired) electrons. The van der Waals surface area contributed by atoms with Gasteiger partial charge < -0.3 is 43.7 Å². The SMILES string of the molecule is C=O.CCC(C(c1cc(C)c(O)c(CCc2nc(N)nc(N)n2)c1)C(C)(C)C)C(C)(C)C.CCC(C(c1ccc(O)c(C)c1)C(C)(C)C)C(C)(C)C.Nc1nc(N)nc(N)n1. The van der Waals surface area contributed by atoms with E-state index in [9.17, 15) is 10.2 Å². The molecule has 0 bridgehead atoms. The second-order valence-corrected chi connectivity index (χ2v) is 20.2. The molecule has 14 heteroatoms. The smallest absolute Gasteiger partial charge is 0.226 e. The van der Waals surface area contributed by atoms with Gasteiger partial charge in [0.15, 0.2) is 0 Å². The van der Waals surface area contributed by atoms with Crippen molar-refractivity contribution in [3.05, 3.63) is 64.0 Å². The van der Waals surface area contributed by atoms with Crippen LogP contribution in [0.5, 0.6) is 11.5 Å². The second kappa shape index (κ2) is 22.0. The lowest BCUT2D eigenvalue weighted by Gasteiger charge is -2.44. The molecule has 14 nitrogen and oxygen atoms in total. The summed E-state index contributed by atoms with van der Waals surface area (Å²) in [5, 5.41) is 20.5. The van der Waals surface area contributed by atoms with Gasteiger partial charge in [-0.25, -0.2) is 0 Å². The summed E-state index contributed by atoms with van der Waals surface area (Å²) < 4.78 is 0. The fourth-order valence-electron chi connectivity index (χ4n) is 8.74. The van der Waals surface area contributed by atoms with Crippen molar-refractivity contribution in [1.29, 1.82) is 0 Å². The molecule has 0 saturated carbocycles. The first-order valence-corrected chi connectivity index (χ1v) is 21.1. The molecule has 0 aliphatic carbocycles. The zero-order chi connectivity index (χ0) is 47.4. The highest BCUT2D eigenvalue weighted by Gasteiger charge is 2.40. The van der Waals surface area contributed by atoms with Crippen LogP contribution >= 0.6 is 0 Å². The number of aryl methyl sites for hydroxylation is 4. The van der Waals surface area contributed by atoms with Crippen LogP contribution in [0, 0.1) is 47.3 Å². The largest absolute Gasteiger partial charge is 0.508 e. The molecular weight excluding hydrogens is 767 g/mol. The van der Waals surface area contributed by atoms with Gasteiger partial charge in [0.25, 0.3) is 0 Å². The first-order chi connectivity index (χ1) is 27.9. The number of aromatic nitrogens is 6. The van der Waals surface area contributed by atoms with E-state index >= 15 is 0 Å². The van der Waals surface area contributed by atoms with Crippen LogP contribution in [-0.4, -0.2) is 46.9 Å². The summed E-state index contributed by atoms with van der Waals surface area (Å²) in [6, 6.07) is 10.4. The molecule has 4 unspecified atom stereocenters. The number of benzene rings is 2. The number of aromatic hydroxyl groups is 2. The molecule has 2 aromatic carbocycles. The van der Waals surface area contributed by atoms with Crippen molar-refractivity contribution >= 4 is 36.5 Å². The number of phenolic OH excluding ortho intramolecular Hbond substituents is 2. The Morgan fingerprint density at radius 3 is 1.23 bits per heavy atom. The van der Waals surface area contributed by atoms with E-state index in [0.717, 1.165) is 23.1 Å². The van der Waals surface area contributed by atoms with Gasteiger partial charge in [0, 0.05) is 6.42 Å². The molecule has 340 valence electrons. The van der Waals surface area contributed by atoms with Gasteiger partial charge in [-0.05, 0) is 99.5 Å². The second-order valence-electron chi connectivity index (χ2n) is 20.2. The first kappa shape index (κ1) is 53.7. The minimum Gasteiger partial charge on any atom is -0.508 e. The highest BCUT2D eigenvalue weighted by molar-refractivity contribution is 5.45. The Morgan fingerprint density at radius 1 is 0.525 bits per heavy atom. The van der Waals surface area contributed by atoms with Crippen molar-refractivity contribution in [2.45, 2.75) is 148 Å². The lowest BCUT2D eigenvalue weighted by Crippen LogP contribution is -2.34. The van der Waals surface area contributed by atoms with Gasteiger partial charge in [0.2, 0.25) is 29.7 Å². The third kappa shape index (κ3) is 16.3. The molecule has 0 saturated heterocycles. The number of nitrogen functional groups attached to an aromatic ring is 5. The average molecular weight is 846 g/mol. The van der Waals surface area contributed by atoms with E-state index in [4.69, 9.17) is 33.5 Å². The Morgan fingerprint density at radius 2 is 0.885 bits per heavy atom. The fourth-order valence-corrected chi connectivity index (χ4v) is 8.74. The average Bonchev–Trinajstić information content (AvgIpc) is 3.09. The Kier molecular flexibility index (Phi) is 19.4. The molecule has 61 heavy (non-hydrogen) atoms. The van der Waals surface area contributed by atoms with Crippen LogP contribution in [0.25, 0.3) is 0 Å². The molecule has 0 amide bonds. The Labute approximate surface area is 366 Å². The van der Waals surface area contributed by atoms with E-state index in [1.165, 1.54) is 17.5 Å². The maximum Gasteiger partial charge on any atom is 0.226 e. The zero-order valence-corrected chi connectivity index (χ0v) is 40.1. The third-order valence-electron chi connectivity index (χ3n) is 11.1. The Hall–Kier alpha value is -5.27. The first-order valence-electron chi connectivity index (χ1n) is 21.1. The van der Waals surface area contributed by atoms with Crippen LogP contribution in [0.3, 0.4) is 0 Å². The van der Waals surface area contributed by atoms with Gasteiger partial charge >= 0.3 is 0 Å². The third-order valence-corrected chi connectivity index (χ3v) is 11.1. The fraction of sp³-hybridized carbons (Fsp3) is 0.596. The number of hydrogen-bond acceptors (Lipinski definition) is 14. The van der Waals surface area contributed by atoms with Crippen LogP contribution < -0.4 is 28.7 Å². The van der Waals surface area contributed by atoms with Gasteiger partial charge in [-0.1, -0.05) is 134 Å². The summed E-state index contributed by atoms with van der Waals surface area (Å²) in [4.78, 5) is 30.6. The summed E-state index contributed by atoms with van der Waals surface area (Å²) in [5.74, 6) is 3.62. The molecule has 2 aromatic heterocycles. The van der Waals surface area contributed by atoms with Crippen LogP contribution in [0.1, 0.15) is 155 Å². The van der Waals surface area contributed by atoms with Crippen molar-refractivity contribution in [2.75, 3.05) is 28.7 Å². The minimum atomic E-state index is 0.0417. The molecule has 12 N–H and O–H groups in total. The predicted molar refractivity (Wildman–Crippen MR) is 253 cm³/mol. The van der Waals surface area contributed by atoms with E-state index in [2.05, 4.69) is 151 Å². The number of hydrogen-bond donors (Lipinski definition) is 7. The monoisotopic (exact) mass is 846 g/mol. The van der Waals surface area contributed by atoms with Crippen LogP contribution in [0.15, 0.2) is 30.3 Å². The molecule has 0 aliphatic heterocycles. The Bertz CT molecular complexity index is 1920. The van der Waals surface area contributed by atoms with E-state index in [-0.39, 0.29) is 51.4 Å². The number of carbonyl (C=O) groups is 1. The maximum atomic E-state index is 10.7. The van der Waals surface area contributed by atoms with Gasteiger partial charge in [0.1, 0.15) is 24.1 Å². The number of carbonyl (C=O) groups excluding carboxylic acids is 1. The van der Waals surface area contributed by atoms with E-state index in [0.29, 0.717) is 53.8 Å². The summed E-state index contributed by atoms with van der Waals surface area (Å²) in [6.07, 6.45) is 3.41. The van der Waals surface area contributed by atoms with Crippen LogP contribution in [0.2, 0.25) is 0 Å². The van der Waals surface area contributed by atoms with Crippen molar-refractivity contribution in [2.24, 2.45) is 33.5 Å². The summed E-state index contributed by atoms with van der Waals surface area (Å²) in [5.41, 5.74) is 33.0. The molecule has 4 rings (SSSR count). The number of nitrogens with two attached hydrogens (primary N) is 5. The topological polar surface area (TPSA) is 265 Å². The summed E-state index contributed by atoms with van der Waals surface area (Å²) in [6.45, 7) is 38.4. The van der Waals surface area contributed by atoms with E-state index < -0.39 is 0 Å². The summed E-state index contributed by atoms with van der Waals surface area (Å²) >= 11 is 0. The number of phenols is 2. The van der Waals surface area contributed by atoms with Gasteiger partial charge in [-0.3, -0.25) is 0 Å². The lowest BCUT2D eigenvalue weighted by molar-refractivity contribution is -0.0980. The minimum absolute atomic E-state index is 0.0417. The van der Waals surface area contributed by atoms with Crippen molar-refractivity contribution in [3.63, 3.8) is 0 Å². The van der Waals surface area contributed by atoms with Gasteiger partial charge in [-0.15, -0.1) is 0 Å². The molecule has 0 spiro atoms. The van der Waals surface area contributed by atoms with Gasteiger partial charge in [-0.2, -0.15) is 29.9 Å². The van der Waals surface area contributed by atoms with E-state index in [1.807, 2.05) is 26.7 Å². The van der Waals surface area contributed by atoms with Crippen LogP contribution in [0.4, 0.5) is 29.7 Å². The lowest BCUT2D eigenvalue weighted by atomic mass is 9.61. The summed E-state index contributed by atoms with van der Waals surface area (Å²) in [7, 11) is 0. The maximum absolute atomic E-state index is 10.7. The Balaban J connectivity index is 0.000000512. The van der Waals surface area contributed by atoms with E-state index in [1.54, 1.807) is 0 Å². The number of rotatable bonds is 9. The van der Waals surface area contributed by atoms with Crippen molar-refractivity contribution in [3.8, 4) is 11.5 Å². The normalized spacial score (nSPS) is 13.8. The number of anilines is 5. The highest BCUT2D eigenvalue weighted by atomic mass is 16.3. The van der Waals surface area contributed by atoms with Crippen molar-refractivity contribution in [1.82, 2.24) is 29.9 Å². The molecule has 4 atom stereocenters. The predicted octanol–water partition coefficient (Wildman–Crippen LogP) is 9.37. The number of nitrogens with zero attached hydrogens (tertiary/aromatic N) is 6. The molecule has 0 aliphatic rings. The molecular formula is C47H79N11O3. The standard InChI is InChI=1S/C24H39N5O.C19H32O.C3H6N6.CH2O/c1-9-17(23(3,4)5)19(24(6,7)8)16-12-14(2)20(30)15(13-16)10-11-18-27-21(25)29-22(26)28-18;1-9-15(18(3,4)5)17(19(6,7)8)14-10-11-16(20)13(2)12-14;4-1-7-2(5)9-3(6)8-1;1-2/h12-13,17,19,30H,9-11H2,1-8H3,(H4,25,26,27,28,29);10-12,15,17,20H,9H2,1-8H3;(H6,4,5,6,7,8,9);1H2. The molecule has 2 heterocycles. The van der Waals surface area contributed by atoms with Crippen LogP contribution in [-0.2, 0) is 17.6 Å². The van der Waals surface area contributed by atoms with Crippen molar-refractivity contribution < 1.29 is 15.0 Å². The highest BCUT2D eigenvalue weighted by Crippen LogP contribution is 2.51. The zero-order valence-electron chi connectivity index (χ0n) is 40.1.